The predicted molar refractivity (Wildman–Crippen MR) is 134 cm³/mol. The van der Waals surface area contributed by atoms with Crippen molar-refractivity contribution < 1.29 is 9.53 Å². The highest BCUT2D eigenvalue weighted by atomic mass is 35.5. The van der Waals surface area contributed by atoms with Gasteiger partial charge in [0.05, 0.1) is 23.9 Å². The molecule has 0 bridgehead atoms. The minimum atomic E-state index is -0.383. The van der Waals surface area contributed by atoms with Crippen molar-refractivity contribution in [2.24, 2.45) is 0 Å². The number of hydrogen-bond acceptors (Lipinski definition) is 3. The van der Waals surface area contributed by atoms with Gasteiger partial charge in [-0.25, -0.2) is 9.78 Å². The Hall–Kier alpha value is -3.43. The number of benzene rings is 2. The lowest BCUT2D eigenvalue weighted by molar-refractivity contribution is -0.135. The smallest absolute Gasteiger partial charge is 0.338 e. The maximum Gasteiger partial charge on any atom is 0.338 e. The van der Waals surface area contributed by atoms with Gasteiger partial charge in [0.2, 0.25) is 0 Å². The van der Waals surface area contributed by atoms with Gasteiger partial charge in [0.15, 0.2) is 0 Å². The van der Waals surface area contributed by atoms with Gasteiger partial charge in [0, 0.05) is 10.4 Å². The van der Waals surface area contributed by atoms with Gasteiger partial charge in [-0.1, -0.05) is 79.4 Å². The number of fused-ring (bicyclic) bond motifs is 1. The lowest BCUT2D eigenvalue weighted by Crippen LogP contribution is -2.05. The average Bonchev–Trinajstić information content (AvgIpc) is 2.81. The summed E-state index contributed by atoms with van der Waals surface area (Å²) in [6, 6.07) is 18.2. The molecule has 0 aliphatic rings. The Bertz CT molecular complexity index is 1210. The van der Waals surface area contributed by atoms with E-state index in [0.29, 0.717) is 10.6 Å². The van der Waals surface area contributed by atoms with E-state index in [1.807, 2.05) is 36.4 Å². The van der Waals surface area contributed by atoms with Gasteiger partial charge < -0.3 is 4.74 Å². The van der Waals surface area contributed by atoms with Gasteiger partial charge >= 0.3 is 5.97 Å². The zero-order valence-electron chi connectivity index (χ0n) is 18.2. The largest absolute Gasteiger partial charge is 0.465 e. The maximum atomic E-state index is 11.9. The maximum absolute atomic E-state index is 11.9. The molecule has 162 valence electrons. The van der Waals surface area contributed by atoms with Crippen molar-refractivity contribution in [1.29, 1.82) is 0 Å². The van der Waals surface area contributed by atoms with Crippen molar-refractivity contribution in [2.45, 2.75) is 19.3 Å². The molecular formula is C28H26ClNO2. The number of aryl methyl sites for hydroxylation is 1. The molecule has 0 atom stereocenters. The first kappa shape index (κ1) is 23.2. The van der Waals surface area contributed by atoms with Crippen LogP contribution < -0.4 is 0 Å². The highest BCUT2D eigenvalue weighted by molar-refractivity contribution is 6.31. The Morgan fingerprint density at radius 3 is 2.62 bits per heavy atom. The summed E-state index contributed by atoms with van der Waals surface area (Å²) < 4.78 is 4.82. The molecule has 3 rings (SSSR count). The van der Waals surface area contributed by atoms with Crippen molar-refractivity contribution >= 4 is 40.6 Å². The third-order valence-electron chi connectivity index (χ3n) is 5.19. The number of methoxy groups -OCH3 is 1. The van der Waals surface area contributed by atoms with Crippen LogP contribution >= 0.6 is 11.6 Å². The Morgan fingerprint density at radius 1 is 1.06 bits per heavy atom. The molecule has 0 unspecified atom stereocenters. The van der Waals surface area contributed by atoms with E-state index in [-0.39, 0.29) is 5.97 Å². The van der Waals surface area contributed by atoms with E-state index >= 15 is 0 Å². The van der Waals surface area contributed by atoms with Crippen LogP contribution in [0.3, 0.4) is 0 Å². The minimum absolute atomic E-state index is 0.383. The molecule has 0 saturated heterocycles. The van der Waals surface area contributed by atoms with Gasteiger partial charge in [0.1, 0.15) is 0 Å². The van der Waals surface area contributed by atoms with Crippen LogP contribution in [0, 0.1) is 0 Å². The van der Waals surface area contributed by atoms with Crippen molar-refractivity contribution in [3.05, 3.63) is 113 Å². The molecule has 3 aromatic rings. The molecule has 0 spiro atoms. The van der Waals surface area contributed by atoms with Gasteiger partial charge in [-0.2, -0.15) is 0 Å². The fourth-order valence-corrected chi connectivity index (χ4v) is 3.68. The lowest BCUT2D eigenvalue weighted by atomic mass is 9.99. The molecule has 0 N–H and O–H groups in total. The van der Waals surface area contributed by atoms with E-state index in [2.05, 4.69) is 48.5 Å². The number of nitrogens with zero attached hydrogens (tertiary/aromatic N) is 1. The molecule has 2 aromatic carbocycles. The van der Waals surface area contributed by atoms with Crippen LogP contribution in [0.5, 0.6) is 0 Å². The second-order valence-corrected chi connectivity index (χ2v) is 7.78. The number of pyridine rings is 1. The van der Waals surface area contributed by atoms with E-state index in [9.17, 15) is 4.79 Å². The number of hydrogen-bond donors (Lipinski definition) is 0. The van der Waals surface area contributed by atoms with Crippen LogP contribution in [-0.2, 0) is 16.0 Å². The zero-order chi connectivity index (χ0) is 22.9. The molecule has 0 fully saturated rings. The Kier molecular flexibility index (Phi) is 8.18. The molecule has 4 heteroatoms. The number of allylic oxidation sites excluding steroid dienone is 2. The molecular weight excluding hydrogens is 418 g/mol. The summed E-state index contributed by atoms with van der Waals surface area (Å²) in [6.07, 6.45) is 9.80. The summed E-state index contributed by atoms with van der Waals surface area (Å²) in [4.78, 5) is 16.5. The quantitative estimate of drug-likeness (QED) is 0.199. The third-order valence-corrected chi connectivity index (χ3v) is 5.42. The molecule has 0 aliphatic heterocycles. The number of esters is 1. The summed E-state index contributed by atoms with van der Waals surface area (Å²) in [7, 11) is 1.37. The van der Waals surface area contributed by atoms with Crippen LogP contribution in [0.15, 0.2) is 91.1 Å². The second-order valence-electron chi connectivity index (χ2n) is 7.34. The van der Waals surface area contributed by atoms with Crippen molar-refractivity contribution in [1.82, 2.24) is 4.98 Å². The molecule has 1 aromatic heterocycles. The second kappa shape index (κ2) is 11.3. The van der Waals surface area contributed by atoms with Crippen molar-refractivity contribution in [2.75, 3.05) is 7.11 Å². The lowest BCUT2D eigenvalue weighted by Gasteiger charge is -2.08. The number of aromatic nitrogens is 1. The van der Waals surface area contributed by atoms with E-state index in [4.69, 9.17) is 16.3 Å². The van der Waals surface area contributed by atoms with Gasteiger partial charge in [-0.05, 0) is 60.2 Å². The van der Waals surface area contributed by atoms with E-state index < -0.39 is 0 Å². The molecule has 0 amide bonds. The van der Waals surface area contributed by atoms with E-state index in [0.717, 1.165) is 47.0 Å². The average molecular weight is 444 g/mol. The molecule has 3 nitrogen and oxygen atoms in total. The number of carbonyl (C=O) groups is 1. The fourth-order valence-electron chi connectivity index (χ4n) is 3.52. The van der Waals surface area contributed by atoms with Gasteiger partial charge in [-0.3, -0.25) is 0 Å². The Balaban J connectivity index is 1.68. The Morgan fingerprint density at radius 2 is 1.88 bits per heavy atom. The zero-order valence-corrected chi connectivity index (χ0v) is 18.9. The first-order valence-corrected chi connectivity index (χ1v) is 10.8. The summed E-state index contributed by atoms with van der Waals surface area (Å²) in [5, 5.41) is 1.74. The summed E-state index contributed by atoms with van der Waals surface area (Å²) in [6.45, 7) is 7.54. The summed E-state index contributed by atoms with van der Waals surface area (Å²) in [5.74, 6) is -0.383. The fraction of sp³-hybridized carbons (Fsp3) is 0.143. The standard InChI is InChI=1S/C28H26ClNO2/c1-4-22(26(5-2)28(31)32-3)11-7-10-20-8-6-9-21(18-20)12-16-25-17-14-23-13-15-24(29)19-27(23)30-25/h4-6,8-9,12-19H,1-2,7,10-11H2,3H3/b16-12+,26-22-. The number of rotatable bonds is 9. The topological polar surface area (TPSA) is 39.2 Å². The van der Waals surface area contributed by atoms with E-state index in [1.165, 1.54) is 18.7 Å². The molecule has 1 heterocycles. The van der Waals surface area contributed by atoms with Crippen LogP contribution in [0.2, 0.25) is 5.02 Å². The highest BCUT2D eigenvalue weighted by Gasteiger charge is 2.10. The number of carbonyl (C=O) groups excluding carboxylic acids is 1. The van der Waals surface area contributed by atoms with Gasteiger partial charge in [0.25, 0.3) is 0 Å². The number of halogens is 1. The predicted octanol–water partition coefficient (Wildman–Crippen LogP) is 7.22. The number of ether oxygens (including phenoxy) is 1. The third kappa shape index (κ3) is 6.05. The molecule has 0 saturated carbocycles. The molecule has 32 heavy (non-hydrogen) atoms. The van der Waals surface area contributed by atoms with Gasteiger partial charge in [-0.15, -0.1) is 0 Å². The van der Waals surface area contributed by atoms with Crippen molar-refractivity contribution in [3.8, 4) is 0 Å². The Labute approximate surface area is 194 Å². The van der Waals surface area contributed by atoms with Crippen LogP contribution in [0.25, 0.3) is 23.1 Å². The summed E-state index contributed by atoms with van der Waals surface area (Å²) >= 11 is 6.09. The van der Waals surface area contributed by atoms with Crippen LogP contribution in [0.4, 0.5) is 0 Å². The first-order valence-electron chi connectivity index (χ1n) is 10.4. The molecule has 0 radical (unpaired) electrons. The molecule has 0 aliphatic carbocycles. The SMILES string of the molecule is C=C/C(CCCc1cccc(/C=C/c2ccc3ccc(Cl)cc3n2)c1)=C(\C=C)C(=O)OC. The monoisotopic (exact) mass is 443 g/mol. The van der Waals surface area contributed by atoms with Crippen molar-refractivity contribution in [3.63, 3.8) is 0 Å². The minimum Gasteiger partial charge on any atom is -0.465 e. The van der Waals surface area contributed by atoms with E-state index in [1.54, 1.807) is 6.08 Å². The normalized spacial score (nSPS) is 11.9. The summed E-state index contributed by atoms with van der Waals surface area (Å²) in [5.41, 5.74) is 5.42. The van der Waals surface area contributed by atoms with Crippen LogP contribution in [-0.4, -0.2) is 18.1 Å². The first-order chi connectivity index (χ1) is 15.5. The highest BCUT2D eigenvalue weighted by Crippen LogP contribution is 2.20. The van der Waals surface area contributed by atoms with Crippen LogP contribution in [0.1, 0.15) is 29.7 Å².